The van der Waals surface area contributed by atoms with Gasteiger partial charge in [-0.2, -0.15) is 5.10 Å². The minimum absolute atomic E-state index is 0.122. The fourth-order valence-electron chi connectivity index (χ4n) is 1.47. The lowest BCUT2D eigenvalue weighted by Crippen LogP contribution is -2.18. The fourth-order valence-corrected chi connectivity index (χ4v) is 2.40. The molecule has 1 aromatic heterocycles. The number of carbonyl (C=O) groups excluding carboxylic acids is 1. The Kier molecular flexibility index (Phi) is 4.19. The molecule has 1 amide bonds. The molecule has 0 aliphatic carbocycles. The second kappa shape index (κ2) is 5.86. The minimum Gasteiger partial charge on any atom is -0.507 e. The van der Waals surface area contributed by atoms with E-state index in [1.165, 1.54) is 11.3 Å². The molecule has 98 valence electrons. The maximum Gasteiger partial charge on any atom is 0.281 e. The first kappa shape index (κ1) is 13.6. The van der Waals surface area contributed by atoms with Crippen LogP contribution in [0, 0.1) is 0 Å². The number of para-hydroxylation sites is 1. The van der Waals surface area contributed by atoms with Crippen molar-refractivity contribution in [1.82, 2.24) is 5.43 Å². The molecule has 0 radical (unpaired) electrons. The van der Waals surface area contributed by atoms with Crippen molar-refractivity contribution in [2.24, 2.45) is 5.10 Å². The smallest absolute Gasteiger partial charge is 0.281 e. The predicted molar refractivity (Wildman–Crippen MR) is 77.1 cm³/mol. The van der Waals surface area contributed by atoms with Crippen molar-refractivity contribution in [2.45, 2.75) is 6.92 Å². The van der Waals surface area contributed by atoms with Crippen LogP contribution in [0.15, 0.2) is 41.5 Å². The lowest BCUT2D eigenvalue weighted by Gasteiger charge is -2.03. The Labute approximate surface area is 119 Å². The molecule has 0 saturated heterocycles. The molecule has 0 saturated carbocycles. The van der Waals surface area contributed by atoms with Gasteiger partial charge in [-0.25, -0.2) is 5.43 Å². The molecule has 0 aliphatic rings. The molecule has 4 nitrogen and oxygen atoms in total. The normalized spacial score (nSPS) is 11.4. The van der Waals surface area contributed by atoms with Crippen molar-refractivity contribution in [1.29, 1.82) is 0 Å². The second-order valence-electron chi connectivity index (χ2n) is 3.76. The third-order valence-electron chi connectivity index (χ3n) is 2.42. The van der Waals surface area contributed by atoms with Gasteiger partial charge in [-0.15, -0.1) is 11.3 Å². The van der Waals surface area contributed by atoms with Crippen molar-refractivity contribution < 1.29 is 9.90 Å². The standard InChI is InChI=1S/C13H11ClN2O2S/c1-8(9-4-2-3-5-10(9)17)15-16-13(18)11-6-7-12(14)19-11/h2-7,17H,1H3,(H,16,18)/b15-8+. The van der Waals surface area contributed by atoms with Crippen molar-refractivity contribution in [3.8, 4) is 5.75 Å². The van der Waals surface area contributed by atoms with Gasteiger partial charge in [0, 0.05) is 5.56 Å². The SMILES string of the molecule is C/C(=N\NC(=O)c1ccc(Cl)s1)c1ccccc1O. The first-order chi connectivity index (χ1) is 9.08. The van der Waals surface area contributed by atoms with Gasteiger partial charge in [0.2, 0.25) is 0 Å². The zero-order valence-electron chi connectivity index (χ0n) is 10.1. The van der Waals surface area contributed by atoms with E-state index in [-0.39, 0.29) is 11.7 Å². The van der Waals surface area contributed by atoms with E-state index < -0.39 is 0 Å². The Morgan fingerprint density at radius 1 is 1.32 bits per heavy atom. The van der Waals surface area contributed by atoms with E-state index in [2.05, 4.69) is 10.5 Å². The molecular weight excluding hydrogens is 284 g/mol. The number of nitrogens with one attached hydrogen (secondary N) is 1. The van der Waals surface area contributed by atoms with Crippen LogP contribution in [-0.4, -0.2) is 16.7 Å². The van der Waals surface area contributed by atoms with E-state index in [9.17, 15) is 9.90 Å². The fraction of sp³-hybridized carbons (Fsp3) is 0.0769. The molecule has 0 spiro atoms. The number of hydrogen-bond donors (Lipinski definition) is 2. The summed E-state index contributed by atoms with van der Waals surface area (Å²) in [5.74, 6) is -0.205. The van der Waals surface area contributed by atoms with Crippen LogP contribution in [-0.2, 0) is 0 Å². The highest BCUT2D eigenvalue weighted by Crippen LogP contribution is 2.21. The number of hydrazone groups is 1. The monoisotopic (exact) mass is 294 g/mol. The van der Waals surface area contributed by atoms with Crippen LogP contribution in [0.25, 0.3) is 0 Å². The molecular formula is C13H11ClN2O2S. The lowest BCUT2D eigenvalue weighted by molar-refractivity contribution is 0.0959. The number of phenolic OH excluding ortho intramolecular Hbond substituents is 1. The maximum absolute atomic E-state index is 11.7. The summed E-state index contributed by atoms with van der Waals surface area (Å²) in [5, 5.41) is 13.6. The summed E-state index contributed by atoms with van der Waals surface area (Å²) in [6.45, 7) is 1.71. The van der Waals surface area contributed by atoms with Crippen molar-refractivity contribution in [2.75, 3.05) is 0 Å². The molecule has 2 aromatic rings. The topological polar surface area (TPSA) is 61.7 Å². The number of thiophene rings is 1. The minimum atomic E-state index is -0.327. The van der Waals surface area contributed by atoms with Gasteiger partial charge in [0.25, 0.3) is 5.91 Å². The van der Waals surface area contributed by atoms with Crippen LogP contribution >= 0.6 is 22.9 Å². The number of nitrogens with zero attached hydrogens (tertiary/aromatic N) is 1. The summed E-state index contributed by atoms with van der Waals surface area (Å²) in [5.41, 5.74) is 3.53. The zero-order chi connectivity index (χ0) is 13.8. The summed E-state index contributed by atoms with van der Waals surface area (Å²) in [4.78, 5) is 12.2. The first-order valence-electron chi connectivity index (χ1n) is 5.46. The van der Waals surface area contributed by atoms with Gasteiger partial charge < -0.3 is 5.11 Å². The molecule has 2 N–H and O–H groups in total. The van der Waals surface area contributed by atoms with Crippen LogP contribution in [0.4, 0.5) is 0 Å². The maximum atomic E-state index is 11.7. The Bertz CT molecular complexity index is 637. The van der Waals surface area contributed by atoms with Crippen LogP contribution in [0.2, 0.25) is 4.34 Å². The number of phenols is 1. The van der Waals surface area contributed by atoms with Crippen LogP contribution in [0.3, 0.4) is 0 Å². The molecule has 0 aliphatic heterocycles. The molecule has 0 atom stereocenters. The Morgan fingerprint density at radius 3 is 2.68 bits per heavy atom. The lowest BCUT2D eigenvalue weighted by atomic mass is 10.1. The molecule has 0 bridgehead atoms. The van der Waals surface area contributed by atoms with Crippen molar-refractivity contribution in [3.63, 3.8) is 0 Å². The van der Waals surface area contributed by atoms with Gasteiger partial charge in [0.1, 0.15) is 5.75 Å². The highest BCUT2D eigenvalue weighted by molar-refractivity contribution is 7.17. The van der Waals surface area contributed by atoms with Gasteiger partial charge in [-0.1, -0.05) is 23.7 Å². The number of amides is 1. The molecule has 19 heavy (non-hydrogen) atoms. The van der Waals surface area contributed by atoms with Crippen LogP contribution < -0.4 is 5.43 Å². The van der Waals surface area contributed by atoms with E-state index in [4.69, 9.17) is 11.6 Å². The molecule has 2 rings (SSSR count). The molecule has 1 aromatic carbocycles. The van der Waals surface area contributed by atoms with Gasteiger partial charge >= 0.3 is 0 Å². The Balaban J connectivity index is 2.11. The summed E-state index contributed by atoms with van der Waals surface area (Å²) in [6.07, 6.45) is 0. The van der Waals surface area contributed by atoms with Gasteiger partial charge in [-0.3, -0.25) is 4.79 Å². The highest BCUT2D eigenvalue weighted by Gasteiger charge is 2.08. The average molecular weight is 295 g/mol. The number of carbonyl (C=O) groups is 1. The number of benzene rings is 1. The van der Waals surface area contributed by atoms with Crippen molar-refractivity contribution >= 4 is 34.6 Å². The van der Waals surface area contributed by atoms with Crippen LogP contribution in [0.1, 0.15) is 22.2 Å². The number of hydrogen-bond acceptors (Lipinski definition) is 4. The first-order valence-corrected chi connectivity index (χ1v) is 6.65. The quantitative estimate of drug-likeness (QED) is 0.674. The van der Waals surface area contributed by atoms with E-state index in [1.54, 1.807) is 43.3 Å². The number of rotatable bonds is 3. The third-order valence-corrected chi connectivity index (χ3v) is 3.65. The van der Waals surface area contributed by atoms with Crippen molar-refractivity contribution in [3.05, 3.63) is 51.2 Å². The summed E-state index contributed by atoms with van der Waals surface area (Å²) in [6, 6.07) is 10.1. The highest BCUT2D eigenvalue weighted by atomic mass is 35.5. The van der Waals surface area contributed by atoms with Gasteiger partial charge in [-0.05, 0) is 31.2 Å². The average Bonchev–Trinajstić information content (AvgIpc) is 2.83. The van der Waals surface area contributed by atoms with E-state index in [0.717, 1.165) is 0 Å². The molecule has 0 unspecified atom stereocenters. The largest absolute Gasteiger partial charge is 0.507 e. The van der Waals surface area contributed by atoms with Gasteiger partial charge in [0.05, 0.1) is 14.9 Å². The third kappa shape index (κ3) is 3.33. The zero-order valence-corrected chi connectivity index (χ0v) is 11.6. The van der Waals surface area contributed by atoms with E-state index in [0.29, 0.717) is 20.5 Å². The molecule has 1 heterocycles. The van der Waals surface area contributed by atoms with E-state index >= 15 is 0 Å². The second-order valence-corrected chi connectivity index (χ2v) is 5.47. The van der Waals surface area contributed by atoms with Crippen LogP contribution in [0.5, 0.6) is 5.75 Å². The Morgan fingerprint density at radius 2 is 2.05 bits per heavy atom. The summed E-state index contributed by atoms with van der Waals surface area (Å²) < 4.78 is 0.548. The predicted octanol–water partition coefficient (Wildman–Crippen LogP) is 3.26. The Hall–Kier alpha value is -1.85. The summed E-state index contributed by atoms with van der Waals surface area (Å²) >= 11 is 6.93. The number of halogens is 1. The molecule has 6 heteroatoms. The molecule has 0 fully saturated rings. The summed E-state index contributed by atoms with van der Waals surface area (Å²) in [7, 11) is 0. The number of aromatic hydroxyl groups is 1. The van der Waals surface area contributed by atoms with Gasteiger partial charge in [0.15, 0.2) is 0 Å². The van der Waals surface area contributed by atoms with E-state index in [1.807, 2.05) is 0 Å².